The number of ketones is 1. The van der Waals surface area contributed by atoms with Crippen LogP contribution in [-0.2, 0) is 0 Å². The molecule has 154 valence electrons. The molecule has 0 amide bonds. The van der Waals surface area contributed by atoms with E-state index in [-0.39, 0.29) is 17.2 Å². The smallest absolute Gasteiger partial charge is 0.351 e. The molecule has 1 aromatic rings. The van der Waals surface area contributed by atoms with E-state index < -0.39 is 11.4 Å². The molecule has 0 spiro atoms. The van der Waals surface area contributed by atoms with Crippen LogP contribution < -0.4 is 11.4 Å². The van der Waals surface area contributed by atoms with Crippen LogP contribution in [0.25, 0.3) is 0 Å². The molecule has 0 saturated heterocycles. The van der Waals surface area contributed by atoms with Gasteiger partial charge in [0.2, 0.25) is 0 Å². The van der Waals surface area contributed by atoms with Crippen molar-refractivity contribution in [3.8, 4) is 5.75 Å². The van der Waals surface area contributed by atoms with Gasteiger partial charge in [-0.2, -0.15) is 0 Å². The van der Waals surface area contributed by atoms with Crippen LogP contribution in [0.15, 0.2) is 51.4 Å². The van der Waals surface area contributed by atoms with E-state index >= 15 is 0 Å². The van der Waals surface area contributed by atoms with E-state index in [1.807, 2.05) is 25.2 Å². The zero-order valence-electron chi connectivity index (χ0n) is 17.2. The summed E-state index contributed by atoms with van der Waals surface area (Å²) in [4.78, 5) is 24.8. The number of rotatable bonds is 12. The summed E-state index contributed by atoms with van der Waals surface area (Å²) in [6.45, 7) is 5.68. The Morgan fingerprint density at radius 1 is 1.25 bits per heavy atom. The monoisotopic (exact) mass is 387 g/mol. The van der Waals surface area contributed by atoms with E-state index in [2.05, 4.69) is 6.92 Å². The van der Waals surface area contributed by atoms with Crippen LogP contribution in [0.3, 0.4) is 0 Å². The van der Waals surface area contributed by atoms with Gasteiger partial charge < -0.3 is 15.3 Å². The Morgan fingerprint density at radius 2 is 2.00 bits per heavy atom. The zero-order chi connectivity index (χ0) is 20.9. The lowest BCUT2D eigenvalue weighted by molar-refractivity contribution is 0.102. The molecule has 0 saturated carbocycles. The zero-order valence-corrected chi connectivity index (χ0v) is 17.2. The lowest BCUT2D eigenvalue weighted by Crippen LogP contribution is -2.16. The van der Waals surface area contributed by atoms with Gasteiger partial charge in [-0.3, -0.25) is 4.79 Å². The second-order valence-corrected chi connectivity index (χ2v) is 7.06. The minimum atomic E-state index is -0.808. The highest BCUT2D eigenvalue weighted by molar-refractivity contribution is 6.09. The van der Waals surface area contributed by atoms with Crippen molar-refractivity contribution in [2.45, 2.75) is 71.6 Å². The van der Waals surface area contributed by atoms with Crippen LogP contribution in [0.5, 0.6) is 5.75 Å². The first-order valence-electron chi connectivity index (χ1n) is 10.0. The Morgan fingerprint density at radius 3 is 2.64 bits per heavy atom. The van der Waals surface area contributed by atoms with E-state index in [1.54, 1.807) is 13.0 Å². The van der Waals surface area contributed by atoms with Crippen LogP contribution in [0.1, 0.15) is 87.8 Å². The van der Waals surface area contributed by atoms with Crippen molar-refractivity contribution in [2.75, 3.05) is 0 Å². The van der Waals surface area contributed by atoms with E-state index in [0.29, 0.717) is 17.8 Å². The van der Waals surface area contributed by atoms with Crippen molar-refractivity contribution in [3.05, 3.63) is 63.9 Å². The summed E-state index contributed by atoms with van der Waals surface area (Å²) in [5.74, 6) is -0.578. The Labute approximate surface area is 167 Å². The lowest BCUT2D eigenvalue weighted by Gasteiger charge is -2.10. The number of aromatic hydroxyl groups is 1. The third-order valence-corrected chi connectivity index (χ3v) is 4.63. The first-order valence-corrected chi connectivity index (χ1v) is 10.0. The molecule has 0 fully saturated rings. The van der Waals surface area contributed by atoms with Gasteiger partial charge in [0, 0.05) is 12.0 Å². The number of carbonyl (C=O) groups is 1. The largest absolute Gasteiger partial charge is 0.507 e. The fourth-order valence-electron chi connectivity index (χ4n) is 2.81. The summed E-state index contributed by atoms with van der Waals surface area (Å²) in [6.07, 6.45) is 15.9. The van der Waals surface area contributed by atoms with Gasteiger partial charge in [0.15, 0.2) is 5.78 Å². The SMILES string of the molecule is CCCCCC/C=C/C=C(\C)C(=O)c1c(O)cc(C(C)CC/C=C/N)oc1=O. The summed E-state index contributed by atoms with van der Waals surface area (Å²) in [6, 6.07) is 1.36. The van der Waals surface area contributed by atoms with Gasteiger partial charge in [0.05, 0.1) is 0 Å². The van der Waals surface area contributed by atoms with E-state index in [4.69, 9.17) is 10.2 Å². The van der Waals surface area contributed by atoms with Gasteiger partial charge in [0.25, 0.3) is 0 Å². The summed E-state index contributed by atoms with van der Waals surface area (Å²) in [5, 5.41) is 10.2. The lowest BCUT2D eigenvalue weighted by atomic mass is 10.00. The molecule has 0 aliphatic carbocycles. The van der Waals surface area contributed by atoms with E-state index in [1.165, 1.54) is 31.5 Å². The van der Waals surface area contributed by atoms with Gasteiger partial charge in [-0.15, -0.1) is 0 Å². The maximum atomic E-state index is 12.5. The molecule has 1 unspecified atom stereocenters. The molecule has 0 radical (unpaired) electrons. The number of hydrogen-bond donors (Lipinski definition) is 2. The molecule has 1 heterocycles. The minimum absolute atomic E-state index is 0.0776. The van der Waals surface area contributed by atoms with Crippen molar-refractivity contribution in [1.82, 2.24) is 0 Å². The van der Waals surface area contributed by atoms with Gasteiger partial charge in [-0.25, -0.2) is 4.79 Å². The topological polar surface area (TPSA) is 93.5 Å². The van der Waals surface area contributed by atoms with Crippen molar-refractivity contribution in [3.63, 3.8) is 0 Å². The van der Waals surface area contributed by atoms with Gasteiger partial charge in [0.1, 0.15) is 17.1 Å². The van der Waals surface area contributed by atoms with Crippen molar-refractivity contribution in [2.24, 2.45) is 5.73 Å². The van der Waals surface area contributed by atoms with Crippen LogP contribution in [-0.4, -0.2) is 10.9 Å². The van der Waals surface area contributed by atoms with Crippen LogP contribution in [0.4, 0.5) is 0 Å². The van der Waals surface area contributed by atoms with Crippen molar-refractivity contribution in [1.29, 1.82) is 0 Å². The fourth-order valence-corrected chi connectivity index (χ4v) is 2.81. The Bertz CT molecular complexity index is 771. The fraction of sp³-hybridized carbons (Fsp3) is 0.478. The number of unbranched alkanes of at least 4 members (excludes halogenated alkanes) is 4. The average Bonchev–Trinajstić information content (AvgIpc) is 2.66. The molecule has 0 aliphatic rings. The predicted octanol–water partition coefficient (Wildman–Crippen LogP) is 5.36. The Balaban J connectivity index is 2.83. The molecule has 1 atom stereocenters. The third kappa shape index (κ3) is 7.59. The molecule has 3 N–H and O–H groups in total. The molecule has 0 aliphatic heterocycles. The number of carbonyl (C=O) groups excluding carboxylic acids is 1. The second kappa shape index (κ2) is 12.8. The quantitative estimate of drug-likeness (QED) is 0.218. The maximum Gasteiger partial charge on any atom is 0.351 e. The van der Waals surface area contributed by atoms with Crippen molar-refractivity contribution >= 4 is 5.78 Å². The van der Waals surface area contributed by atoms with Crippen LogP contribution in [0.2, 0.25) is 0 Å². The highest BCUT2D eigenvalue weighted by Gasteiger charge is 2.21. The van der Waals surface area contributed by atoms with Gasteiger partial charge >= 0.3 is 5.63 Å². The Hall–Kier alpha value is -2.56. The van der Waals surface area contributed by atoms with Crippen molar-refractivity contribution < 1.29 is 14.3 Å². The standard InChI is InChI=1S/C23H33NO4/c1-4-5-6-7-8-9-10-14-18(3)22(26)21-19(25)16-20(28-23(21)27)17(2)13-11-12-15-24/h9-10,12,14-17,25H,4-8,11,13,24H2,1-3H3/b10-9+,15-12+,18-14+. The Kier molecular flexibility index (Phi) is 10.7. The van der Waals surface area contributed by atoms with E-state index in [0.717, 1.165) is 19.3 Å². The predicted molar refractivity (Wildman–Crippen MR) is 114 cm³/mol. The third-order valence-electron chi connectivity index (χ3n) is 4.63. The average molecular weight is 388 g/mol. The molecular formula is C23H33NO4. The first kappa shape index (κ1) is 23.5. The highest BCUT2D eigenvalue weighted by atomic mass is 16.4. The molecule has 5 nitrogen and oxygen atoms in total. The molecule has 1 rings (SSSR count). The second-order valence-electron chi connectivity index (χ2n) is 7.06. The molecular weight excluding hydrogens is 354 g/mol. The first-order chi connectivity index (χ1) is 13.4. The number of nitrogens with two attached hydrogens (primary N) is 1. The maximum absolute atomic E-state index is 12.5. The number of Topliss-reactive ketones (excluding diaryl/α,β-unsaturated/α-hetero) is 1. The minimum Gasteiger partial charge on any atom is -0.507 e. The normalized spacial score (nSPS) is 13.5. The van der Waals surface area contributed by atoms with E-state index in [9.17, 15) is 14.7 Å². The van der Waals surface area contributed by atoms with Gasteiger partial charge in [-0.1, -0.05) is 57.4 Å². The summed E-state index contributed by atoms with van der Waals surface area (Å²) in [7, 11) is 0. The molecule has 28 heavy (non-hydrogen) atoms. The van der Waals surface area contributed by atoms with Crippen LogP contribution in [0, 0.1) is 0 Å². The summed E-state index contributed by atoms with van der Waals surface area (Å²) < 4.78 is 5.30. The number of allylic oxidation sites excluding steroid dienone is 5. The summed E-state index contributed by atoms with van der Waals surface area (Å²) >= 11 is 0. The summed E-state index contributed by atoms with van der Waals surface area (Å²) in [5.41, 5.74) is 4.56. The van der Waals surface area contributed by atoms with Crippen LogP contribution >= 0.6 is 0 Å². The number of hydrogen-bond acceptors (Lipinski definition) is 5. The van der Waals surface area contributed by atoms with Gasteiger partial charge in [-0.05, 0) is 44.4 Å². The molecule has 0 aromatic carbocycles. The molecule has 0 bridgehead atoms. The molecule has 1 aromatic heterocycles. The molecule has 5 heteroatoms. The highest BCUT2D eigenvalue weighted by Crippen LogP contribution is 2.25.